The Kier molecular flexibility index (Phi) is 3.05. The molecule has 1 aromatic heterocycles. The van der Waals surface area contributed by atoms with Crippen molar-refractivity contribution in [2.75, 3.05) is 5.32 Å². The van der Waals surface area contributed by atoms with Crippen molar-refractivity contribution in [1.82, 2.24) is 4.98 Å². The molecule has 17 heavy (non-hydrogen) atoms. The van der Waals surface area contributed by atoms with Gasteiger partial charge >= 0.3 is 0 Å². The lowest BCUT2D eigenvalue weighted by atomic mass is 10.2. The van der Waals surface area contributed by atoms with Crippen LogP contribution in [0.1, 0.15) is 16.1 Å². The van der Waals surface area contributed by atoms with Crippen molar-refractivity contribution in [2.24, 2.45) is 0 Å². The highest BCUT2D eigenvalue weighted by molar-refractivity contribution is 6.05. The van der Waals surface area contributed by atoms with Gasteiger partial charge in [-0.1, -0.05) is 6.07 Å². The molecule has 2 aromatic rings. The molecule has 0 aliphatic heterocycles. The van der Waals surface area contributed by atoms with Crippen LogP contribution < -0.4 is 5.32 Å². The van der Waals surface area contributed by atoms with Crippen molar-refractivity contribution in [3.8, 4) is 5.75 Å². The van der Waals surface area contributed by atoms with Crippen LogP contribution in [0, 0.1) is 6.92 Å². The molecule has 1 amide bonds. The first-order valence-electron chi connectivity index (χ1n) is 5.19. The predicted molar refractivity (Wildman–Crippen MR) is 65.0 cm³/mol. The zero-order valence-electron chi connectivity index (χ0n) is 9.34. The third kappa shape index (κ3) is 2.60. The monoisotopic (exact) mass is 228 g/mol. The third-order valence-electron chi connectivity index (χ3n) is 2.36. The number of carbonyl (C=O) groups excluding carboxylic acids is 1. The molecule has 1 heterocycles. The van der Waals surface area contributed by atoms with E-state index in [0.29, 0.717) is 16.9 Å². The molecule has 86 valence electrons. The first-order chi connectivity index (χ1) is 8.16. The maximum atomic E-state index is 11.9. The maximum Gasteiger partial charge on any atom is 0.257 e. The fourth-order valence-corrected chi connectivity index (χ4v) is 1.51. The lowest BCUT2D eigenvalue weighted by molar-refractivity contribution is 0.102. The number of phenols is 1. The molecule has 2 rings (SSSR count). The fourth-order valence-electron chi connectivity index (χ4n) is 1.51. The SMILES string of the molecule is Cc1ncccc1C(=O)Nc1cccc(O)c1. The van der Waals surface area contributed by atoms with Crippen LogP contribution in [0.5, 0.6) is 5.75 Å². The zero-order valence-corrected chi connectivity index (χ0v) is 9.34. The second-order valence-corrected chi connectivity index (χ2v) is 3.64. The van der Waals surface area contributed by atoms with Crippen LogP contribution in [0.3, 0.4) is 0 Å². The Bertz CT molecular complexity index is 553. The molecule has 0 unspecified atom stereocenters. The molecule has 0 saturated carbocycles. The van der Waals surface area contributed by atoms with Crippen LogP contribution in [0.4, 0.5) is 5.69 Å². The van der Waals surface area contributed by atoms with Gasteiger partial charge in [-0.3, -0.25) is 9.78 Å². The summed E-state index contributed by atoms with van der Waals surface area (Å²) in [5.41, 5.74) is 1.75. The summed E-state index contributed by atoms with van der Waals surface area (Å²) in [7, 11) is 0. The standard InChI is InChI=1S/C13H12N2O2/c1-9-12(6-3-7-14-9)13(17)15-10-4-2-5-11(16)8-10/h2-8,16H,1H3,(H,15,17). The van der Waals surface area contributed by atoms with Gasteiger partial charge in [-0.25, -0.2) is 0 Å². The van der Waals surface area contributed by atoms with Crippen molar-refractivity contribution in [2.45, 2.75) is 6.92 Å². The van der Waals surface area contributed by atoms with E-state index in [1.165, 1.54) is 6.07 Å². The summed E-state index contributed by atoms with van der Waals surface area (Å²) >= 11 is 0. The average molecular weight is 228 g/mol. The van der Waals surface area contributed by atoms with Gasteiger partial charge in [0.25, 0.3) is 5.91 Å². The molecule has 0 bridgehead atoms. The molecule has 2 N–H and O–H groups in total. The summed E-state index contributed by atoms with van der Waals surface area (Å²) < 4.78 is 0. The lowest BCUT2D eigenvalue weighted by Gasteiger charge is -2.06. The molecule has 0 aliphatic carbocycles. The highest BCUT2D eigenvalue weighted by atomic mass is 16.3. The Hall–Kier alpha value is -2.36. The molecule has 0 fully saturated rings. The number of anilines is 1. The first kappa shape index (κ1) is 11.1. The molecule has 4 heteroatoms. The van der Waals surface area contributed by atoms with Crippen molar-refractivity contribution in [1.29, 1.82) is 0 Å². The number of nitrogens with one attached hydrogen (secondary N) is 1. The summed E-state index contributed by atoms with van der Waals surface area (Å²) in [6, 6.07) is 9.84. The molecular weight excluding hydrogens is 216 g/mol. The summed E-state index contributed by atoms with van der Waals surface area (Å²) in [5, 5.41) is 12.0. The van der Waals surface area contributed by atoms with Gasteiger partial charge < -0.3 is 10.4 Å². The first-order valence-corrected chi connectivity index (χ1v) is 5.19. The summed E-state index contributed by atoms with van der Waals surface area (Å²) in [4.78, 5) is 16.0. The Morgan fingerprint density at radius 3 is 2.82 bits per heavy atom. The number of hydrogen-bond donors (Lipinski definition) is 2. The lowest BCUT2D eigenvalue weighted by Crippen LogP contribution is -2.13. The molecule has 1 aromatic carbocycles. The van der Waals surface area contributed by atoms with E-state index in [-0.39, 0.29) is 11.7 Å². The van der Waals surface area contributed by atoms with Gasteiger partial charge in [0.15, 0.2) is 0 Å². The van der Waals surface area contributed by atoms with Gasteiger partial charge in [-0.2, -0.15) is 0 Å². The third-order valence-corrected chi connectivity index (χ3v) is 2.36. The number of aryl methyl sites for hydroxylation is 1. The molecular formula is C13H12N2O2. The van der Waals surface area contributed by atoms with E-state index in [1.54, 1.807) is 43.5 Å². The van der Waals surface area contributed by atoms with Gasteiger partial charge in [0.05, 0.1) is 5.56 Å². The predicted octanol–water partition coefficient (Wildman–Crippen LogP) is 2.35. The van der Waals surface area contributed by atoms with Crippen LogP contribution in [0.2, 0.25) is 0 Å². The second-order valence-electron chi connectivity index (χ2n) is 3.64. The average Bonchev–Trinajstić information content (AvgIpc) is 2.29. The minimum Gasteiger partial charge on any atom is -0.508 e. The largest absolute Gasteiger partial charge is 0.508 e. The summed E-state index contributed by atoms with van der Waals surface area (Å²) in [6.45, 7) is 1.78. The highest BCUT2D eigenvalue weighted by Crippen LogP contribution is 2.16. The number of aromatic nitrogens is 1. The van der Waals surface area contributed by atoms with Gasteiger partial charge in [0, 0.05) is 23.6 Å². The van der Waals surface area contributed by atoms with Crippen molar-refractivity contribution in [3.63, 3.8) is 0 Å². The van der Waals surface area contributed by atoms with Crippen molar-refractivity contribution in [3.05, 3.63) is 53.9 Å². The Balaban J connectivity index is 2.20. The topological polar surface area (TPSA) is 62.2 Å². The van der Waals surface area contributed by atoms with Crippen LogP contribution in [0.15, 0.2) is 42.6 Å². The molecule has 0 radical (unpaired) electrons. The van der Waals surface area contributed by atoms with Gasteiger partial charge in [-0.05, 0) is 31.2 Å². The quantitative estimate of drug-likeness (QED) is 0.829. The van der Waals surface area contributed by atoms with Crippen molar-refractivity contribution < 1.29 is 9.90 Å². The van der Waals surface area contributed by atoms with E-state index >= 15 is 0 Å². The molecule has 0 spiro atoms. The normalized spacial score (nSPS) is 9.94. The van der Waals surface area contributed by atoms with E-state index < -0.39 is 0 Å². The Morgan fingerprint density at radius 2 is 2.12 bits per heavy atom. The Morgan fingerprint density at radius 1 is 1.29 bits per heavy atom. The molecule has 0 aliphatic rings. The number of nitrogens with zero attached hydrogens (tertiary/aromatic N) is 1. The number of hydrogen-bond acceptors (Lipinski definition) is 3. The fraction of sp³-hybridized carbons (Fsp3) is 0.0769. The van der Waals surface area contributed by atoms with E-state index in [4.69, 9.17) is 0 Å². The number of carbonyl (C=O) groups is 1. The minimum atomic E-state index is -0.235. The molecule has 4 nitrogen and oxygen atoms in total. The van der Waals surface area contributed by atoms with Gasteiger partial charge in [0.2, 0.25) is 0 Å². The molecule has 0 atom stereocenters. The van der Waals surface area contributed by atoms with E-state index in [0.717, 1.165) is 0 Å². The number of phenolic OH excluding ortho intramolecular Hbond substituents is 1. The van der Waals surface area contributed by atoms with Crippen LogP contribution in [0.25, 0.3) is 0 Å². The minimum absolute atomic E-state index is 0.116. The van der Waals surface area contributed by atoms with Gasteiger partial charge in [0.1, 0.15) is 5.75 Å². The number of amides is 1. The summed E-state index contributed by atoms with van der Waals surface area (Å²) in [5.74, 6) is -0.119. The van der Waals surface area contributed by atoms with Crippen molar-refractivity contribution >= 4 is 11.6 Å². The van der Waals surface area contributed by atoms with Crippen LogP contribution in [-0.2, 0) is 0 Å². The number of benzene rings is 1. The highest BCUT2D eigenvalue weighted by Gasteiger charge is 2.09. The smallest absolute Gasteiger partial charge is 0.257 e. The van der Waals surface area contributed by atoms with Gasteiger partial charge in [-0.15, -0.1) is 0 Å². The Labute approximate surface area is 98.9 Å². The maximum absolute atomic E-state index is 11.9. The summed E-state index contributed by atoms with van der Waals surface area (Å²) in [6.07, 6.45) is 1.64. The van der Waals surface area contributed by atoms with E-state index in [9.17, 15) is 9.90 Å². The van der Waals surface area contributed by atoms with E-state index in [2.05, 4.69) is 10.3 Å². The van der Waals surface area contributed by atoms with Crippen LogP contribution >= 0.6 is 0 Å². The zero-order chi connectivity index (χ0) is 12.3. The second kappa shape index (κ2) is 4.65. The van der Waals surface area contributed by atoms with Crippen LogP contribution in [-0.4, -0.2) is 16.0 Å². The molecule has 0 saturated heterocycles. The number of aromatic hydroxyl groups is 1. The number of rotatable bonds is 2. The number of pyridine rings is 1. The van der Waals surface area contributed by atoms with E-state index in [1.807, 2.05) is 0 Å².